The Morgan fingerprint density at radius 2 is 1.81 bits per heavy atom. The summed E-state index contributed by atoms with van der Waals surface area (Å²) in [4.78, 5) is 29.1. The van der Waals surface area contributed by atoms with Crippen molar-refractivity contribution < 1.29 is 14.3 Å². The molecule has 0 unspecified atom stereocenters. The summed E-state index contributed by atoms with van der Waals surface area (Å²) in [6.45, 7) is 8.40. The normalized spacial score (nSPS) is 22.0. The van der Waals surface area contributed by atoms with E-state index < -0.39 is 0 Å². The Morgan fingerprint density at radius 1 is 1.06 bits per heavy atom. The minimum Gasteiger partial charge on any atom is -0.450 e. The monoisotopic (exact) mass is 463 g/mol. The summed E-state index contributed by atoms with van der Waals surface area (Å²) in [6, 6.07) is 0.751. The lowest BCUT2D eigenvalue weighted by molar-refractivity contribution is 0.0764. The zero-order chi connectivity index (χ0) is 22.5. The molecule has 9 heteroatoms. The lowest BCUT2D eigenvalue weighted by Gasteiger charge is -2.35. The zero-order valence-corrected chi connectivity index (χ0v) is 20.3. The zero-order valence-electron chi connectivity index (χ0n) is 19.5. The number of carbonyl (C=O) groups excluding carboxylic acids is 2. The largest absolute Gasteiger partial charge is 0.450 e. The van der Waals surface area contributed by atoms with Crippen LogP contribution in [0, 0.1) is 0 Å². The van der Waals surface area contributed by atoms with Gasteiger partial charge in [0.25, 0.3) is 5.91 Å². The van der Waals surface area contributed by atoms with Crippen LogP contribution < -0.4 is 5.32 Å². The topological polar surface area (TPSA) is 79.7 Å². The Labute approximate surface area is 195 Å². The fourth-order valence-electron chi connectivity index (χ4n) is 5.09. The van der Waals surface area contributed by atoms with E-state index in [1.807, 2.05) is 28.5 Å². The SMILES string of the molecule is CCCn1nc(C(=O)N2CCSCC2)c2c1CC[C@H](NC1CCN(C(=O)OCC)CC1)C2. The molecular formula is C23H37N5O3S. The van der Waals surface area contributed by atoms with Gasteiger partial charge in [-0.15, -0.1) is 0 Å². The van der Waals surface area contributed by atoms with Crippen molar-refractivity contribution in [1.29, 1.82) is 0 Å². The standard InChI is InChI=1S/C23H37N5O3S/c1-3-9-28-20-6-5-18(24-17-7-10-27(11-8-17)23(30)31-4-2)16-19(20)21(25-28)22(29)26-12-14-32-15-13-26/h17-18,24H,3-16H2,1-2H3/t18-/m0/s1. The van der Waals surface area contributed by atoms with E-state index in [4.69, 9.17) is 9.84 Å². The average Bonchev–Trinajstić information content (AvgIpc) is 3.18. The van der Waals surface area contributed by atoms with Gasteiger partial charge in [-0.3, -0.25) is 9.48 Å². The van der Waals surface area contributed by atoms with Gasteiger partial charge in [-0.1, -0.05) is 6.92 Å². The van der Waals surface area contributed by atoms with Crippen molar-refractivity contribution in [2.75, 3.05) is 44.3 Å². The van der Waals surface area contributed by atoms with Crippen LogP contribution in [0.2, 0.25) is 0 Å². The molecule has 8 nitrogen and oxygen atoms in total. The van der Waals surface area contributed by atoms with E-state index in [2.05, 4.69) is 16.9 Å². The maximum atomic E-state index is 13.3. The van der Waals surface area contributed by atoms with Crippen molar-refractivity contribution in [2.24, 2.45) is 0 Å². The second kappa shape index (κ2) is 10.9. The summed E-state index contributed by atoms with van der Waals surface area (Å²) in [7, 11) is 0. The number of ether oxygens (including phenoxy) is 1. The van der Waals surface area contributed by atoms with Gasteiger partial charge in [0, 0.05) is 67.6 Å². The summed E-state index contributed by atoms with van der Waals surface area (Å²) in [6.07, 6.45) is 5.59. The van der Waals surface area contributed by atoms with Gasteiger partial charge >= 0.3 is 6.09 Å². The Bertz CT molecular complexity index is 800. The molecule has 3 heterocycles. The fraction of sp³-hybridized carbons (Fsp3) is 0.783. The predicted molar refractivity (Wildman–Crippen MR) is 126 cm³/mol. The fourth-order valence-corrected chi connectivity index (χ4v) is 5.99. The molecule has 0 spiro atoms. The van der Waals surface area contributed by atoms with E-state index in [-0.39, 0.29) is 12.0 Å². The van der Waals surface area contributed by atoms with Crippen molar-refractivity contribution in [1.82, 2.24) is 24.9 Å². The van der Waals surface area contributed by atoms with Crippen LogP contribution in [0.15, 0.2) is 0 Å². The molecule has 0 bridgehead atoms. The van der Waals surface area contributed by atoms with Gasteiger partial charge in [0.05, 0.1) is 6.61 Å². The van der Waals surface area contributed by atoms with Crippen LogP contribution in [0.4, 0.5) is 4.79 Å². The molecule has 1 atom stereocenters. The van der Waals surface area contributed by atoms with Crippen molar-refractivity contribution in [3.8, 4) is 0 Å². The minimum atomic E-state index is -0.198. The van der Waals surface area contributed by atoms with Crippen LogP contribution in [0.1, 0.15) is 61.3 Å². The van der Waals surface area contributed by atoms with Crippen molar-refractivity contribution in [3.05, 3.63) is 17.0 Å². The molecule has 4 rings (SSSR count). The molecule has 3 aliphatic rings. The van der Waals surface area contributed by atoms with Gasteiger partial charge in [-0.05, 0) is 45.4 Å². The molecule has 1 aromatic heterocycles. The second-order valence-corrected chi connectivity index (χ2v) is 10.2. The summed E-state index contributed by atoms with van der Waals surface area (Å²) in [5, 5.41) is 8.65. The van der Waals surface area contributed by atoms with Crippen LogP contribution in [0.3, 0.4) is 0 Å². The Balaban J connectivity index is 1.41. The molecule has 2 aliphatic heterocycles. The van der Waals surface area contributed by atoms with Gasteiger partial charge in [0.1, 0.15) is 0 Å². The second-order valence-electron chi connectivity index (χ2n) is 8.97. The van der Waals surface area contributed by atoms with Crippen LogP contribution in [0.5, 0.6) is 0 Å². The molecule has 0 saturated carbocycles. The number of aryl methyl sites for hydroxylation is 1. The Morgan fingerprint density at radius 3 is 2.50 bits per heavy atom. The van der Waals surface area contributed by atoms with E-state index >= 15 is 0 Å². The molecule has 1 N–H and O–H groups in total. The first kappa shape index (κ1) is 23.4. The van der Waals surface area contributed by atoms with Crippen LogP contribution in [0.25, 0.3) is 0 Å². The number of rotatable bonds is 6. The molecule has 1 aliphatic carbocycles. The van der Waals surface area contributed by atoms with Crippen molar-refractivity contribution in [3.63, 3.8) is 0 Å². The highest BCUT2D eigenvalue weighted by Gasteiger charge is 2.33. The van der Waals surface area contributed by atoms with E-state index in [1.54, 1.807) is 0 Å². The third-order valence-corrected chi connectivity index (χ3v) is 7.72. The van der Waals surface area contributed by atoms with E-state index in [0.717, 1.165) is 88.3 Å². The molecular weight excluding hydrogens is 426 g/mol. The molecule has 0 radical (unpaired) electrons. The lowest BCUT2D eigenvalue weighted by atomic mass is 9.89. The summed E-state index contributed by atoms with van der Waals surface area (Å²) < 4.78 is 7.23. The summed E-state index contributed by atoms with van der Waals surface area (Å²) in [5.74, 6) is 2.14. The highest BCUT2D eigenvalue weighted by Crippen LogP contribution is 2.28. The number of aromatic nitrogens is 2. The maximum Gasteiger partial charge on any atom is 0.409 e. The number of amides is 2. The Hall–Kier alpha value is -1.74. The van der Waals surface area contributed by atoms with Gasteiger partial charge in [0.15, 0.2) is 5.69 Å². The lowest BCUT2D eigenvalue weighted by Crippen LogP contribution is -2.49. The molecule has 2 fully saturated rings. The van der Waals surface area contributed by atoms with Crippen LogP contribution in [-0.4, -0.2) is 88.0 Å². The van der Waals surface area contributed by atoms with E-state index in [1.165, 1.54) is 5.69 Å². The number of thioether (sulfide) groups is 1. The molecule has 178 valence electrons. The Kier molecular flexibility index (Phi) is 7.99. The first-order valence-corrected chi connectivity index (χ1v) is 13.4. The third-order valence-electron chi connectivity index (χ3n) is 6.78. The third kappa shape index (κ3) is 5.25. The van der Waals surface area contributed by atoms with E-state index in [0.29, 0.717) is 24.4 Å². The molecule has 2 saturated heterocycles. The number of hydrogen-bond acceptors (Lipinski definition) is 6. The number of likely N-dealkylation sites (tertiary alicyclic amines) is 1. The number of piperidine rings is 1. The highest BCUT2D eigenvalue weighted by atomic mass is 32.2. The molecule has 0 aromatic carbocycles. The maximum absolute atomic E-state index is 13.3. The quantitative estimate of drug-likeness (QED) is 0.699. The molecule has 1 aromatic rings. The summed E-state index contributed by atoms with van der Waals surface area (Å²) >= 11 is 1.92. The molecule has 2 amide bonds. The number of carbonyl (C=O) groups is 2. The van der Waals surface area contributed by atoms with Crippen LogP contribution in [-0.2, 0) is 24.1 Å². The number of nitrogens with one attached hydrogen (secondary N) is 1. The average molecular weight is 464 g/mol. The van der Waals surface area contributed by atoms with Gasteiger partial charge in [-0.25, -0.2) is 4.79 Å². The van der Waals surface area contributed by atoms with Gasteiger partial charge < -0.3 is 19.9 Å². The predicted octanol–water partition coefficient (Wildman–Crippen LogP) is 2.55. The van der Waals surface area contributed by atoms with Crippen LogP contribution >= 0.6 is 11.8 Å². The molecule has 32 heavy (non-hydrogen) atoms. The first-order chi connectivity index (χ1) is 15.6. The van der Waals surface area contributed by atoms with E-state index in [9.17, 15) is 9.59 Å². The first-order valence-electron chi connectivity index (χ1n) is 12.2. The summed E-state index contributed by atoms with van der Waals surface area (Å²) in [5.41, 5.74) is 3.11. The highest BCUT2D eigenvalue weighted by molar-refractivity contribution is 7.99. The van der Waals surface area contributed by atoms with Crippen molar-refractivity contribution >= 4 is 23.8 Å². The number of nitrogens with zero attached hydrogens (tertiary/aromatic N) is 4. The number of fused-ring (bicyclic) bond motifs is 1. The van der Waals surface area contributed by atoms with Gasteiger partial charge in [-0.2, -0.15) is 16.9 Å². The smallest absolute Gasteiger partial charge is 0.409 e. The number of hydrogen-bond donors (Lipinski definition) is 1. The van der Waals surface area contributed by atoms with Crippen molar-refractivity contribution in [2.45, 2.75) is 71.0 Å². The minimum absolute atomic E-state index is 0.111. The van der Waals surface area contributed by atoms with Gasteiger partial charge in [0.2, 0.25) is 0 Å².